The van der Waals surface area contributed by atoms with Gasteiger partial charge in [0.2, 0.25) is 21.8 Å². The molecule has 0 radical (unpaired) electrons. The third-order valence-electron chi connectivity index (χ3n) is 8.37. The van der Waals surface area contributed by atoms with Crippen molar-refractivity contribution in [1.29, 1.82) is 0 Å². The minimum atomic E-state index is -3.83. The monoisotopic (exact) mass is 632 g/mol. The fourth-order valence-electron chi connectivity index (χ4n) is 5.71. The Labute approximate surface area is 254 Å². The molecule has 0 spiro atoms. The van der Waals surface area contributed by atoms with Gasteiger partial charge in [0, 0.05) is 17.7 Å². The third-order valence-corrected chi connectivity index (χ3v) is 10.4. The van der Waals surface area contributed by atoms with Crippen LogP contribution in [0.1, 0.15) is 44.9 Å². The second kappa shape index (κ2) is 11.5. The Morgan fingerprint density at radius 2 is 2.05 bits per heavy atom. The van der Waals surface area contributed by atoms with Gasteiger partial charge >= 0.3 is 6.09 Å². The molecule has 0 bridgehead atoms. The number of aromatic nitrogens is 1. The smallest absolute Gasteiger partial charge is 0.410 e. The Balaban J connectivity index is 1.26. The number of halogens is 1. The summed E-state index contributed by atoms with van der Waals surface area (Å²) >= 11 is 6.28. The molecule has 3 heterocycles. The molecule has 4 atom stereocenters. The van der Waals surface area contributed by atoms with Gasteiger partial charge in [-0.15, -0.1) is 0 Å². The molecule has 2 aliphatic heterocycles. The first-order chi connectivity index (χ1) is 20.6. The van der Waals surface area contributed by atoms with Gasteiger partial charge in [0.1, 0.15) is 28.6 Å². The maximum atomic E-state index is 13.8. The van der Waals surface area contributed by atoms with Crippen molar-refractivity contribution in [3.8, 4) is 11.6 Å². The molecule has 4 aliphatic rings. The number of sulfonamides is 1. The Morgan fingerprint density at radius 1 is 1.23 bits per heavy atom. The molecule has 3 amide bonds. The van der Waals surface area contributed by atoms with E-state index in [0.717, 1.165) is 11.8 Å². The lowest BCUT2D eigenvalue weighted by Gasteiger charge is -2.26. The van der Waals surface area contributed by atoms with Crippen LogP contribution in [-0.4, -0.2) is 79.4 Å². The summed E-state index contributed by atoms with van der Waals surface area (Å²) in [5.41, 5.74) is -1.43. The number of benzene rings is 1. The van der Waals surface area contributed by atoms with Crippen molar-refractivity contribution in [3.05, 3.63) is 41.6 Å². The van der Waals surface area contributed by atoms with Crippen molar-refractivity contribution in [3.63, 3.8) is 0 Å². The number of rotatable bonds is 6. The third kappa shape index (κ3) is 6.10. The van der Waals surface area contributed by atoms with E-state index in [-0.39, 0.29) is 42.9 Å². The van der Waals surface area contributed by atoms with Crippen molar-refractivity contribution >= 4 is 50.3 Å². The maximum absolute atomic E-state index is 13.8. The fourth-order valence-corrected chi connectivity index (χ4v) is 7.27. The standard InChI is InChI=1S/C29H33ClN4O8S/c1-40-19-7-10-22-17(12-19)13-24(30)31-26(22)42-20-14-23-25(35)32-29(27(36)33-43(38,39)21-8-9-21)15-18(29)6-4-2-3-5-11-41-28(37)34(23)16-20/h4,6-7,10,12-13,18,20-21,23H,2-3,5,8-9,11,14-16H2,1H3,(H,32,35)(H,33,36)/b6-4-. The quantitative estimate of drug-likeness (QED) is 0.361. The van der Waals surface area contributed by atoms with Gasteiger partial charge < -0.3 is 19.5 Å². The first kappa shape index (κ1) is 29.5. The zero-order chi connectivity index (χ0) is 30.4. The van der Waals surface area contributed by atoms with E-state index in [1.54, 1.807) is 31.4 Å². The topological polar surface area (TPSA) is 153 Å². The Bertz CT molecular complexity index is 1600. The molecule has 14 heteroatoms. The molecule has 1 aromatic carbocycles. The Hall–Kier alpha value is -3.58. The number of carbonyl (C=O) groups is 3. The highest BCUT2D eigenvalue weighted by Crippen LogP contribution is 2.46. The molecule has 2 aliphatic carbocycles. The lowest BCUT2D eigenvalue weighted by molar-refractivity contribution is -0.131. The van der Waals surface area contributed by atoms with Crippen LogP contribution >= 0.6 is 11.6 Å². The predicted octanol–water partition coefficient (Wildman–Crippen LogP) is 3.08. The summed E-state index contributed by atoms with van der Waals surface area (Å²) in [7, 11) is -2.27. The second-order valence-electron chi connectivity index (χ2n) is 11.5. The van der Waals surface area contributed by atoms with E-state index in [0.29, 0.717) is 36.8 Å². The predicted molar refractivity (Wildman–Crippen MR) is 156 cm³/mol. The minimum absolute atomic E-state index is 0.0291. The van der Waals surface area contributed by atoms with Crippen molar-refractivity contribution < 1.29 is 37.0 Å². The highest BCUT2D eigenvalue weighted by atomic mass is 35.5. The fraction of sp³-hybridized carbons (Fsp3) is 0.517. The molecule has 3 fully saturated rings. The molecule has 2 aromatic rings. The van der Waals surface area contributed by atoms with Crippen LogP contribution < -0.4 is 19.5 Å². The number of nitrogens with one attached hydrogen (secondary N) is 2. The van der Waals surface area contributed by atoms with Crippen molar-refractivity contribution in [2.75, 3.05) is 20.3 Å². The summed E-state index contributed by atoms with van der Waals surface area (Å²) in [4.78, 5) is 45.9. The summed E-state index contributed by atoms with van der Waals surface area (Å²) in [5.74, 6) is -0.860. The van der Waals surface area contributed by atoms with Crippen LogP contribution in [0.3, 0.4) is 0 Å². The van der Waals surface area contributed by atoms with E-state index >= 15 is 0 Å². The molecular formula is C29H33ClN4O8S. The molecule has 12 nitrogen and oxygen atoms in total. The normalized spacial score (nSPS) is 28.5. The number of hydrogen-bond acceptors (Lipinski definition) is 9. The molecule has 230 valence electrons. The zero-order valence-corrected chi connectivity index (χ0v) is 25.2. The number of cyclic esters (lactones) is 1. The van der Waals surface area contributed by atoms with Crippen LogP contribution in [0.15, 0.2) is 36.4 Å². The largest absolute Gasteiger partial charge is 0.497 e. The van der Waals surface area contributed by atoms with Gasteiger partial charge in [-0.2, -0.15) is 0 Å². The van der Waals surface area contributed by atoms with Gasteiger partial charge in [0.15, 0.2) is 0 Å². The molecule has 2 saturated carbocycles. The van der Waals surface area contributed by atoms with Crippen LogP contribution in [0.5, 0.6) is 11.6 Å². The number of nitrogens with zero attached hydrogens (tertiary/aromatic N) is 2. The summed E-state index contributed by atoms with van der Waals surface area (Å²) in [6.45, 7) is 0.224. The van der Waals surface area contributed by atoms with E-state index in [1.807, 2.05) is 12.2 Å². The highest BCUT2D eigenvalue weighted by molar-refractivity contribution is 7.91. The van der Waals surface area contributed by atoms with E-state index in [9.17, 15) is 22.8 Å². The van der Waals surface area contributed by atoms with Crippen molar-refractivity contribution in [1.82, 2.24) is 19.9 Å². The molecule has 43 heavy (non-hydrogen) atoms. The molecule has 2 N–H and O–H groups in total. The van der Waals surface area contributed by atoms with Crippen molar-refractivity contribution in [2.24, 2.45) is 5.92 Å². The van der Waals surface area contributed by atoms with Gasteiger partial charge in [0.05, 0.1) is 25.5 Å². The summed E-state index contributed by atoms with van der Waals surface area (Å²) < 4.78 is 44.4. The summed E-state index contributed by atoms with van der Waals surface area (Å²) in [6.07, 6.45) is 5.85. The highest BCUT2D eigenvalue weighted by Gasteiger charge is 2.62. The van der Waals surface area contributed by atoms with Crippen LogP contribution in [-0.2, 0) is 24.3 Å². The number of carbonyl (C=O) groups excluding carboxylic acids is 3. The van der Waals surface area contributed by atoms with E-state index < -0.39 is 50.9 Å². The van der Waals surface area contributed by atoms with Gasteiger partial charge in [-0.3, -0.25) is 19.2 Å². The number of fused-ring (bicyclic) bond motifs is 3. The van der Waals surface area contributed by atoms with Crippen LogP contribution in [0.25, 0.3) is 10.8 Å². The van der Waals surface area contributed by atoms with Gasteiger partial charge in [-0.25, -0.2) is 18.2 Å². The van der Waals surface area contributed by atoms with Crippen molar-refractivity contribution in [2.45, 2.75) is 67.9 Å². The number of ether oxygens (including phenoxy) is 3. The van der Waals surface area contributed by atoms with Gasteiger partial charge in [-0.1, -0.05) is 23.8 Å². The SMILES string of the molecule is COc1ccc2c(OC3CC4C(=O)NC5(C(=O)NS(=O)(=O)C6CC6)CC5/C=C\CCCCOC(=O)N4C3)nc(Cl)cc2c1. The minimum Gasteiger partial charge on any atom is -0.497 e. The first-order valence-corrected chi connectivity index (χ1v) is 16.3. The van der Waals surface area contributed by atoms with E-state index in [2.05, 4.69) is 15.0 Å². The van der Waals surface area contributed by atoms with Crippen LogP contribution in [0.4, 0.5) is 4.79 Å². The molecule has 4 unspecified atom stereocenters. The zero-order valence-electron chi connectivity index (χ0n) is 23.6. The lowest BCUT2D eigenvalue weighted by atomic mass is 10.1. The van der Waals surface area contributed by atoms with E-state index in [4.69, 9.17) is 25.8 Å². The first-order valence-electron chi connectivity index (χ1n) is 14.4. The average Bonchev–Trinajstić information content (AvgIpc) is 3.89. The van der Waals surface area contributed by atoms with E-state index in [1.165, 1.54) is 4.90 Å². The Kier molecular flexibility index (Phi) is 7.88. The molecule has 1 saturated heterocycles. The number of hydrogen-bond donors (Lipinski definition) is 2. The van der Waals surface area contributed by atoms with Crippen LogP contribution in [0, 0.1) is 5.92 Å². The molecular weight excluding hydrogens is 600 g/mol. The van der Waals surface area contributed by atoms with Crippen LogP contribution in [0.2, 0.25) is 5.15 Å². The van der Waals surface area contributed by atoms with Gasteiger partial charge in [-0.05, 0) is 68.2 Å². The summed E-state index contributed by atoms with van der Waals surface area (Å²) in [6, 6.07) is 6.01. The maximum Gasteiger partial charge on any atom is 0.410 e. The average molecular weight is 633 g/mol. The number of amides is 3. The number of allylic oxidation sites excluding steroid dienone is 1. The summed E-state index contributed by atoms with van der Waals surface area (Å²) in [5, 5.41) is 3.83. The second-order valence-corrected chi connectivity index (χ2v) is 13.8. The Morgan fingerprint density at radius 3 is 2.81 bits per heavy atom. The van der Waals surface area contributed by atoms with Gasteiger partial charge in [0.25, 0.3) is 5.91 Å². The molecule has 1 aromatic heterocycles. The number of methoxy groups -OCH3 is 1. The molecule has 6 rings (SSSR count). The lowest BCUT2D eigenvalue weighted by Crippen LogP contribution is -2.56. The number of pyridine rings is 1.